The fourth-order valence-electron chi connectivity index (χ4n) is 2.06. The first kappa shape index (κ1) is 16.1. The van der Waals surface area contributed by atoms with Crippen LogP contribution in [0, 0.1) is 0 Å². The van der Waals surface area contributed by atoms with Gasteiger partial charge in [0.15, 0.2) is 0 Å². The van der Waals surface area contributed by atoms with Crippen molar-refractivity contribution >= 4 is 30.1 Å². The predicted molar refractivity (Wildman–Crippen MR) is 73.2 cm³/mol. The van der Waals surface area contributed by atoms with Crippen LogP contribution in [0.1, 0.15) is 39.5 Å². The van der Waals surface area contributed by atoms with Crippen molar-refractivity contribution in [2.45, 2.75) is 56.9 Å². The molecule has 5 heteroatoms. The Bertz CT molecular complexity index is 214. The molecule has 3 nitrogen and oxygen atoms in total. The van der Waals surface area contributed by atoms with E-state index < -0.39 is 0 Å². The molecule has 1 saturated carbocycles. The van der Waals surface area contributed by atoms with Crippen LogP contribution in [0.15, 0.2) is 0 Å². The summed E-state index contributed by atoms with van der Waals surface area (Å²) >= 11 is 1.96. The Morgan fingerprint density at radius 1 is 1.56 bits per heavy atom. The van der Waals surface area contributed by atoms with Crippen LogP contribution >= 0.6 is 24.2 Å². The SMILES string of the molecule is CCSC1CCCC1NC(=O)CC(C)N.Cl. The Morgan fingerprint density at radius 2 is 2.25 bits per heavy atom. The molecule has 0 aromatic carbocycles. The third-order valence-corrected chi connectivity index (χ3v) is 4.01. The molecule has 0 aromatic rings. The van der Waals surface area contributed by atoms with Gasteiger partial charge >= 0.3 is 0 Å². The van der Waals surface area contributed by atoms with Crippen LogP contribution in [-0.4, -0.2) is 29.0 Å². The molecule has 0 heterocycles. The van der Waals surface area contributed by atoms with Crippen LogP contribution in [-0.2, 0) is 4.79 Å². The number of thioether (sulfide) groups is 1. The summed E-state index contributed by atoms with van der Waals surface area (Å²) in [6, 6.07) is 0.338. The van der Waals surface area contributed by atoms with E-state index in [1.807, 2.05) is 18.7 Å². The third kappa shape index (κ3) is 5.41. The van der Waals surface area contributed by atoms with E-state index in [0.29, 0.717) is 17.7 Å². The molecule has 0 saturated heterocycles. The van der Waals surface area contributed by atoms with E-state index in [4.69, 9.17) is 5.73 Å². The lowest BCUT2D eigenvalue weighted by Crippen LogP contribution is -2.40. The number of carbonyl (C=O) groups excluding carboxylic acids is 1. The molecule has 0 aliphatic heterocycles. The maximum Gasteiger partial charge on any atom is 0.221 e. The second kappa shape index (κ2) is 8.20. The van der Waals surface area contributed by atoms with Gasteiger partial charge in [-0.1, -0.05) is 13.3 Å². The molecule has 1 aliphatic carbocycles. The van der Waals surface area contributed by atoms with Crippen molar-refractivity contribution < 1.29 is 4.79 Å². The predicted octanol–water partition coefficient (Wildman–Crippen LogP) is 1.94. The Balaban J connectivity index is 0.00000225. The van der Waals surface area contributed by atoms with Crippen molar-refractivity contribution in [1.29, 1.82) is 0 Å². The largest absolute Gasteiger partial charge is 0.352 e. The average molecular weight is 267 g/mol. The Morgan fingerprint density at radius 3 is 2.81 bits per heavy atom. The summed E-state index contributed by atoms with van der Waals surface area (Å²) in [6.07, 6.45) is 4.05. The number of hydrogen-bond donors (Lipinski definition) is 2. The maximum absolute atomic E-state index is 11.6. The number of hydrogen-bond acceptors (Lipinski definition) is 3. The number of nitrogens with one attached hydrogen (secondary N) is 1. The summed E-state index contributed by atoms with van der Waals surface area (Å²) in [7, 11) is 0. The van der Waals surface area contributed by atoms with E-state index in [1.165, 1.54) is 12.8 Å². The Hall–Kier alpha value is 0.0700. The van der Waals surface area contributed by atoms with Crippen LogP contribution in [0.3, 0.4) is 0 Å². The first-order valence-electron chi connectivity index (χ1n) is 5.80. The zero-order valence-corrected chi connectivity index (χ0v) is 11.7. The minimum absolute atomic E-state index is 0. The van der Waals surface area contributed by atoms with Crippen LogP contribution < -0.4 is 11.1 Å². The Kier molecular flexibility index (Phi) is 8.24. The molecule has 3 N–H and O–H groups in total. The van der Waals surface area contributed by atoms with Gasteiger partial charge in [0, 0.05) is 23.8 Å². The molecular formula is C11H23ClN2OS. The number of nitrogens with two attached hydrogens (primary N) is 1. The normalized spacial score (nSPS) is 25.9. The van der Waals surface area contributed by atoms with Gasteiger partial charge in [0.05, 0.1) is 0 Å². The lowest BCUT2D eigenvalue weighted by molar-refractivity contribution is -0.121. The smallest absolute Gasteiger partial charge is 0.221 e. The number of amides is 1. The summed E-state index contributed by atoms with van der Waals surface area (Å²) in [5, 5.41) is 3.72. The zero-order valence-electron chi connectivity index (χ0n) is 10.1. The molecule has 1 amide bonds. The van der Waals surface area contributed by atoms with Crippen molar-refractivity contribution in [3.05, 3.63) is 0 Å². The molecule has 96 valence electrons. The van der Waals surface area contributed by atoms with Gasteiger partial charge in [-0.15, -0.1) is 12.4 Å². The van der Waals surface area contributed by atoms with E-state index in [9.17, 15) is 4.79 Å². The molecule has 16 heavy (non-hydrogen) atoms. The highest BCUT2D eigenvalue weighted by Gasteiger charge is 2.28. The number of carbonyl (C=O) groups is 1. The third-order valence-electron chi connectivity index (χ3n) is 2.69. The van der Waals surface area contributed by atoms with Crippen molar-refractivity contribution in [2.24, 2.45) is 5.73 Å². The van der Waals surface area contributed by atoms with Crippen molar-refractivity contribution in [2.75, 3.05) is 5.75 Å². The molecule has 1 aliphatic rings. The molecule has 0 aromatic heterocycles. The first-order chi connectivity index (χ1) is 7.13. The highest BCUT2D eigenvalue weighted by molar-refractivity contribution is 7.99. The van der Waals surface area contributed by atoms with Gasteiger partial charge < -0.3 is 11.1 Å². The molecule has 0 bridgehead atoms. The molecular weight excluding hydrogens is 244 g/mol. The summed E-state index contributed by atoms with van der Waals surface area (Å²) in [5.41, 5.74) is 5.59. The van der Waals surface area contributed by atoms with E-state index in [0.717, 1.165) is 12.2 Å². The average Bonchev–Trinajstić information content (AvgIpc) is 2.52. The fraction of sp³-hybridized carbons (Fsp3) is 0.909. The maximum atomic E-state index is 11.6. The summed E-state index contributed by atoms with van der Waals surface area (Å²) in [5.74, 6) is 1.24. The minimum Gasteiger partial charge on any atom is -0.352 e. The molecule has 1 fully saturated rings. The van der Waals surface area contributed by atoms with Gasteiger partial charge in [0.1, 0.15) is 0 Å². The van der Waals surface area contributed by atoms with Crippen molar-refractivity contribution in [1.82, 2.24) is 5.32 Å². The van der Waals surface area contributed by atoms with Gasteiger partial charge in [-0.25, -0.2) is 0 Å². The van der Waals surface area contributed by atoms with Gasteiger partial charge in [-0.2, -0.15) is 11.8 Å². The highest BCUT2D eigenvalue weighted by atomic mass is 35.5. The molecule has 3 unspecified atom stereocenters. The van der Waals surface area contributed by atoms with E-state index in [-0.39, 0.29) is 24.4 Å². The summed E-state index contributed by atoms with van der Waals surface area (Å²) in [6.45, 7) is 4.04. The van der Waals surface area contributed by atoms with E-state index in [2.05, 4.69) is 12.2 Å². The van der Waals surface area contributed by atoms with Crippen molar-refractivity contribution in [3.8, 4) is 0 Å². The highest BCUT2D eigenvalue weighted by Crippen LogP contribution is 2.29. The standard InChI is InChI=1S/C11H22N2OS.ClH/c1-3-15-10-6-4-5-9(10)13-11(14)7-8(2)12;/h8-10H,3-7,12H2,1-2H3,(H,13,14);1H. The summed E-state index contributed by atoms with van der Waals surface area (Å²) < 4.78 is 0. The lowest BCUT2D eigenvalue weighted by Gasteiger charge is -2.20. The van der Waals surface area contributed by atoms with Gasteiger partial charge in [0.25, 0.3) is 0 Å². The second-order valence-electron chi connectivity index (χ2n) is 4.28. The fourth-order valence-corrected chi connectivity index (χ4v) is 3.26. The number of halogens is 1. The van der Waals surface area contributed by atoms with Gasteiger partial charge in [-0.3, -0.25) is 4.79 Å². The van der Waals surface area contributed by atoms with Crippen LogP contribution in [0.2, 0.25) is 0 Å². The van der Waals surface area contributed by atoms with Crippen LogP contribution in [0.5, 0.6) is 0 Å². The van der Waals surface area contributed by atoms with Gasteiger partial charge in [0.2, 0.25) is 5.91 Å². The topological polar surface area (TPSA) is 55.1 Å². The molecule has 0 radical (unpaired) electrons. The van der Waals surface area contributed by atoms with Crippen molar-refractivity contribution in [3.63, 3.8) is 0 Å². The summed E-state index contributed by atoms with van der Waals surface area (Å²) in [4.78, 5) is 11.6. The monoisotopic (exact) mass is 266 g/mol. The molecule has 1 rings (SSSR count). The quantitative estimate of drug-likeness (QED) is 0.800. The first-order valence-corrected chi connectivity index (χ1v) is 6.85. The van der Waals surface area contributed by atoms with Crippen LogP contribution in [0.4, 0.5) is 0 Å². The lowest BCUT2D eigenvalue weighted by atomic mass is 10.2. The zero-order chi connectivity index (χ0) is 11.3. The second-order valence-corrected chi connectivity index (χ2v) is 5.80. The van der Waals surface area contributed by atoms with Gasteiger partial charge in [-0.05, 0) is 25.5 Å². The molecule has 0 spiro atoms. The molecule has 3 atom stereocenters. The minimum atomic E-state index is -0.0383. The number of rotatable bonds is 5. The van der Waals surface area contributed by atoms with Crippen LogP contribution in [0.25, 0.3) is 0 Å². The van der Waals surface area contributed by atoms with E-state index in [1.54, 1.807) is 0 Å². The van der Waals surface area contributed by atoms with E-state index >= 15 is 0 Å². The Labute approximate surface area is 109 Å².